The third kappa shape index (κ3) is 3.20. The predicted octanol–water partition coefficient (Wildman–Crippen LogP) is 4.62. The average Bonchev–Trinajstić information content (AvgIpc) is 2.67. The minimum Gasteiger partial charge on any atom is -0.494 e. The largest absolute Gasteiger partial charge is 0.494 e. The van der Waals surface area contributed by atoms with Crippen molar-refractivity contribution in [1.29, 1.82) is 0 Å². The Balaban J connectivity index is 1.62. The quantitative estimate of drug-likeness (QED) is 0.738. The monoisotopic (exact) mass is 335 g/mol. The van der Waals surface area contributed by atoms with Gasteiger partial charge in [0.05, 0.1) is 6.61 Å². The van der Waals surface area contributed by atoms with Gasteiger partial charge >= 0.3 is 0 Å². The zero-order valence-electron chi connectivity index (χ0n) is 14.2. The number of benzene rings is 3. The number of nitrogens with one attached hydrogen (secondary N) is 1. The standard InChI is InChI=1S/C21H21NO3/c1-2-23-19-9-7-15-5-3-4-6-17(15)18(19)14-22-16-8-10-20-21(13-16)25-12-11-24-20/h3-10,13,22H,2,11-12,14H2,1H3. The van der Waals surface area contributed by atoms with Crippen LogP contribution in [-0.4, -0.2) is 19.8 Å². The highest BCUT2D eigenvalue weighted by Gasteiger charge is 2.13. The van der Waals surface area contributed by atoms with Crippen LogP contribution in [0.2, 0.25) is 0 Å². The van der Waals surface area contributed by atoms with Crippen LogP contribution in [0.3, 0.4) is 0 Å². The summed E-state index contributed by atoms with van der Waals surface area (Å²) >= 11 is 0. The predicted molar refractivity (Wildman–Crippen MR) is 99.9 cm³/mol. The van der Waals surface area contributed by atoms with Gasteiger partial charge in [-0.2, -0.15) is 0 Å². The molecule has 25 heavy (non-hydrogen) atoms. The smallest absolute Gasteiger partial charge is 0.163 e. The van der Waals surface area contributed by atoms with Crippen LogP contribution in [0.15, 0.2) is 54.6 Å². The van der Waals surface area contributed by atoms with Gasteiger partial charge in [-0.05, 0) is 35.9 Å². The first kappa shape index (κ1) is 15.6. The molecule has 0 radical (unpaired) electrons. The highest BCUT2D eigenvalue weighted by molar-refractivity contribution is 5.88. The second-order valence-electron chi connectivity index (χ2n) is 5.91. The maximum atomic E-state index is 5.84. The molecule has 4 nitrogen and oxygen atoms in total. The topological polar surface area (TPSA) is 39.7 Å². The number of anilines is 1. The summed E-state index contributed by atoms with van der Waals surface area (Å²) in [6.45, 7) is 4.53. The Morgan fingerprint density at radius 2 is 1.80 bits per heavy atom. The lowest BCUT2D eigenvalue weighted by Gasteiger charge is -2.20. The van der Waals surface area contributed by atoms with Crippen LogP contribution in [0.5, 0.6) is 17.2 Å². The molecule has 3 aromatic rings. The molecule has 0 bridgehead atoms. The maximum Gasteiger partial charge on any atom is 0.163 e. The molecular formula is C21H21NO3. The summed E-state index contributed by atoms with van der Waals surface area (Å²) in [7, 11) is 0. The summed E-state index contributed by atoms with van der Waals surface area (Å²) < 4.78 is 17.1. The summed E-state index contributed by atoms with van der Waals surface area (Å²) in [5.41, 5.74) is 2.16. The van der Waals surface area contributed by atoms with E-state index < -0.39 is 0 Å². The van der Waals surface area contributed by atoms with Crippen molar-refractivity contribution in [3.05, 3.63) is 60.2 Å². The molecule has 0 amide bonds. The molecule has 1 heterocycles. The maximum absolute atomic E-state index is 5.84. The van der Waals surface area contributed by atoms with Gasteiger partial charge in [0.1, 0.15) is 19.0 Å². The Kier molecular flexibility index (Phi) is 4.34. The van der Waals surface area contributed by atoms with E-state index >= 15 is 0 Å². The van der Waals surface area contributed by atoms with Gasteiger partial charge in [0.15, 0.2) is 11.5 Å². The van der Waals surface area contributed by atoms with Crippen molar-refractivity contribution in [1.82, 2.24) is 0 Å². The second-order valence-corrected chi connectivity index (χ2v) is 5.91. The third-order valence-corrected chi connectivity index (χ3v) is 4.31. The first-order valence-electron chi connectivity index (χ1n) is 8.62. The highest BCUT2D eigenvalue weighted by Crippen LogP contribution is 2.34. The Bertz CT molecular complexity index is 891. The van der Waals surface area contributed by atoms with Crippen LogP contribution >= 0.6 is 0 Å². The van der Waals surface area contributed by atoms with E-state index in [1.807, 2.05) is 31.2 Å². The molecule has 1 N–H and O–H groups in total. The molecule has 128 valence electrons. The fourth-order valence-electron chi connectivity index (χ4n) is 3.13. The van der Waals surface area contributed by atoms with Crippen molar-refractivity contribution in [2.24, 2.45) is 0 Å². The van der Waals surface area contributed by atoms with Crippen molar-refractivity contribution in [2.45, 2.75) is 13.5 Å². The SMILES string of the molecule is CCOc1ccc2ccccc2c1CNc1ccc2c(c1)OCCO2. The number of fused-ring (bicyclic) bond motifs is 2. The number of ether oxygens (including phenoxy) is 3. The second kappa shape index (κ2) is 6.93. The first-order chi connectivity index (χ1) is 12.3. The minimum atomic E-state index is 0.592. The summed E-state index contributed by atoms with van der Waals surface area (Å²) in [5, 5.41) is 5.91. The van der Waals surface area contributed by atoms with E-state index in [0.29, 0.717) is 26.4 Å². The Morgan fingerprint density at radius 1 is 0.960 bits per heavy atom. The third-order valence-electron chi connectivity index (χ3n) is 4.31. The molecule has 3 aromatic carbocycles. The Hall–Kier alpha value is -2.88. The summed E-state index contributed by atoms with van der Waals surface area (Å²) in [6.07, 6.45) is 0. The van der Waals surface area contributed by atoms with E-state index in [2.05, 4.69) is 35.6 Å². The van der Waals surface area contributed by atoms with E-state index in [1.54, 1.807) is 0 Å². The first-order valence-corrected chi connectivity index (χ1v) is 8.62. The number of rotatable bonds is 5. The van der Waals surface area contributed by atoms with Crippen molar-refractivity contribution in [2.75, 3.05) is 25.1 Å². The minimum absolute atomic E-state index is 0.592. The zero-order valence-corrected chi connectivity index (χ0v) is 14.2. The molecule has 0 saturated carbocycles. The number of hydrogen-bond donors (Lipinski definition) is 1. The summed E-state index contributed by atoms with van der Waals surface area (Å²) in [4.78, 5) is 0. The van der Waals surface area contributed by atoms with Gasteiger partial charge in [-0.3, -0.25) is 0 Å². The molecule has 0 aromatic heterocycles. The van der Waals surface area contributed by atoms with Crippen molar-refractivity contribution < 1.29 is 14.2 Å². The van der Waals surface area contributed by atoms with Crippen LogP contribution in [0, 0.1) is 0 Å². The van der Waals surface area contributed by atoms with Crippen molar-refractivity contribution in [3.8, 4) is 17.2 Å². The molecule has 0 aliphatic carbocycles. The van der Waals surface area contributed by atoms with Gasteiger partial charge in [-0.1, -0.05) is 30.3 Å². The Labute approximate surface area is 147 Å². The molecule has 0 fully saturated rings. The lowest BCUT2D eigenvalue weighted by molar-refractivity contribution is 0.171. The molecule has 0 saturated heterocycles. The summed E-state index contributed by atoms with van der Waals surface area (Å²) in [6, 6.07) is 18.5. The van der Waals surface area contributed by atoms with Gasteiger partial charge in [0.2, 0.25) is 0 Å². The van der Waals surface area contributed by atoms with Crippen LogP contribution in [0.4, 0.5) is 5.69 Å². The van der Waals surface area contributed by atoms with Crippen molar-refractivity contribution >= 4 is 16.5 Å². The molecule has 0 atom stereocenters. The fourth-order valence-corrected chi connectivity index (χ4v) is 3.13. The highest BCUT2D eigenvalue weighted by atomic mass is 16.6. The van der Waals surface area contributed by atoms with Gasteiger partial charge < -0.3 is 19.5 Å². The van der Waals surface area contributed by atoms with Gasteiger partial charge in [0, 0.05) is 23.9 Å². The fraction of sp³-hybridized carbons (Fsp3) is 0.238. The zero-order chi connectivity index (χ0) is 17.1. The van der Waals surface area contributed by atoms with E-state index in [-0.39, 0.29) is 0 Å². The van der Waals surface area contributed by atoms with Crippen LogP contribution < -0.4 is 19.5 Å². The van der Waals surface area contributed by atoms with E-state index in [4.69, 9.17) is 14.2 Å². The Morgan fingerprint density at radius 3 is 2.68 bits per heavy atom. The van der Waals surface area contributed by atoms with Crippen LogP contribution in [0.1, 0.15) is 12.5 Å². The molecule has 1 aliphatic rings. The average molecular weight is 335 g/mol. The van der Waals surface area contributed by atoms with Gasteiger partial charge in [-0.25, -0.2) is 0 Å². The molecule has 1 aliphatic heterocycles. The van der Waals surface area contributed by atoms with Crippen molar-refractivity contribution in [3.63, 3.8) is 0 Å². The van der Waals surface area contributed by atoms with E-state index in [9.17, 15) is 0 Å². The molecular weight excluding hydrogens is 314 g/mol. The lowest BCUT2D eigenvalue weighted by Crippen LogP contribution is -2.15. The van der Waals surface area contributed by atoms with Crippen LogP contribution in [0.25, 0.3) is 10.8 Å². The van der Waals surface area contributed by atoms with Gasteiger partial charge in [0.25, 0.3) is 0 Å². The molecule has 4 rings (SSSR count). The van der Waals surface area contributed by atoms with E-state index in [1.165, 1.54) is 10.8 Å². The molecule has 0 spiro atoms. The van der Waals surface area contributed by atoms with E-state index in [0.717, 1.165) is 28.5 Å². The normalized spacial score (nSPS) is 12.8. The molecule has 0 unspecified atom stereocenters. The van der Waals surface area contributed by atoms with Crippen LogP contribution in [-0.2, 0) is 6.54 Å². The van der Waals surface area contributed by atoms with Gasteiger partial charge in [-0.15, -0.1) is 0 Å². The number of hydrogen-bond acceptors (Lipinski definition) is 4. The molecule has 4 heteroatoms. The summed E-state index contributed by atoms with van der Waals surface area (Å²) in [5.74, 6) is 2.52. The lowest BCUT2D eigenvalue weighted by atomic mass is 10.0.